The minimum atomic E-state index is 0.0821. The first-order chi connectivity index (χ1) is 11.7. The lowest BCUT2D eigenvalue weighted by molar-refractivity contribution is 0.151. The predicted molar refractivity (Wildman–Crippen MR) is 93.9 cm³/mol. The van der Waals surface area contributed by atoms with Crippen LogP contribution in [-0.2, 0) is 13.5 Å². The van der Waals surface area contributed by atoms with E-state index in [-0.39, 0.29) is 6.03 Å². The van der Waals surface area contributed by atoms with E-state index in [0.717, 1.165) is 50.6 Å². The molecule has 0 aliphatic carbocycles. The smallest absolute Gasteiger partial charge is 0.317 e. The van der Waals surface area contributed by atoms with Crippen molar-refractivity contribution in [1.29, 1.82) is 0 Å². The molecule has 2 aromatic rings. The number of likely N-dealkylation sites (tertiary alicyclic amines) is 1. The molecule has 0 saturated carbocycles. The number of rotatable bonds is 3. The van der Waals surface area contributed by atoms with E-state index in [0.29, 0.717) is 12.5 Å². The molecule has 2 fully saturated rings. The Morgan fingerprint density at radius 1 is 1.42 bits per heavy atom. The predicted octanol–water partition coefficient (Wildman–Crippen LogP) is 1.37. The van der Waals surface area contributed by atoms with Gasteiger partial charge in [-0.3, -0.25) is 0 Å². The van der Waals surface area contributed by atoms with Crippen molar-refractivity contribution in [2.45, 2.75) is 12.8 Å². The molecule has 0 radical (unpaired) electrons. The number of carbonyl (C=O) groups is 1. The van der Waals surface area contributed by atoms with Crippen LogP contribution in [0.3, 0.4) is 0 Å². The van der Waals surface area contributed by atoms with Crippen LogP contribution in [0.25, 0.3) is 11.0 Å². The highest BCUT2D eigenvalue weighted by Crippen LogP contribution is 2.26. The number of hydrogen-bond donors (Lipinski definition) is 2. The third kappa shape index (κ3) is 2.86. The van der Waals surface area contributed by atoms with E-state index in [9.17, 15) is 4.79 Å². The third-order valence-corrected chi connectivity index (χ3v) is 5.48. The van der Waals surface area contributed by atoms with Crippen molar-refractivity contribution in [3.63, 3.8) is 0 Å². The lowest BCUT2D eigenvalue weighted by Gasteiger charge is -2.34. The summed E-state index contributed by atoms with van der Waals surface area (Å²) in [4.78, 5) is 18.8. The number of urea groups is 1. The molecule has 2 aliphatic rings. The van der Waals surface area contributed by atoms with Gasteiger partial charge in [-0.05, 0) is 55.5 Å². The highest BCUT2D eigenvalue weighted by molar-refractivity contribution is 5.80. The van der Waals surface area contributed by atoms with Crippen LogP contribution in [0, 0.1) is 11.8 Å². The number of pyridine rings is 1. The molecule has 2 aliphatic heterocycles. The summed E-state index contributed by atoms with van der Waals surface area (Å²) >= 11 is 0. The van der Waals surface area contributed by atoms with Gasteiger partial charge < -0.3 is 20.1 Å². The van der Waals surface area contributed by atoms with Crippen molar-refractivity contribution in [1.82, 2.24) is 25.1 Å². The summed E-state index contributed by atoms with van der Waals surface area (Å²) in [5.74, 6) is 1.39. The van der Waals surface area contributed by atoms with E-state index in [4.69, 9.17) is 0 Å². The SMILES string of the molecule is Cn1cc(CCNC(=O)N2CC[C@@H]3CNC[C@@H]3C2)c2cccnc21. The molecule has 24 heavy (non-hydrogen) atoms. The molecule has 2 aromatic heterocycles. The lowest BCUT2D eigenvalue weighted by atomic mass is 9.89. The minimum absolute atomic E-state index is 0.0821. The van der Waals surface area contributed by atoms with E-state index >= 15 is 0 Å². The molecular formula is C18H25N5O. The van der Waals surface area contributed by atoms with E-state index < -0.39 is 0 Å². The van der Waals surface area contributed by atoms with Gasteiger partial charge in [-0.2, -0.15) is 0 Å². The second-order valence-electron chi connectivity index (χ2n) is 7.03. The van der Waals surface area contributed by atoms with Crippen LogP contribution in [-0.4, -0.2) is 53.2 Å². The second-order valence-corrected chi connectivity index (χ2v) is 7.03. The van der Waals surface area contributed by atoms with Gasteiger partial charge in [0.1, 0.15) is 5.65 Å². The van der Waals surface area contributed by atoms with Crippen LogP contribution < -0.4 is 10.6 Å². The number of aromatic nitrogens is 2. The average Bonchev–Trinajstić information content (AvgIpc) is 3.19. The Morgan fingerprint density at radius 2 is 2.29 bits per heavy atom. The minimum Gasteiger partial charge on any atom is -0.338 e. The molecule has 6 heteroatoms. The first kappa shape index (κ1) is 15.4. The van der Waals surface area contributed by atoms with Crippen LogP contribution in [0.2, 0.25) is 0 Å². The molecule has 4 rings (SSSR count). The zero-order valence-corrected chi connectivity index (χ0v) is 14.2. The number of aryl methyl sites for hydroxylation is 1. The summed E-state index contributed by atoms with van der Waals surface area (Å²) in [5, 5.41) is 7.71. The van der Waals surface area contributed by atoms with Crippen LogP contribution in [0.1, 0.15) is 12.0 Å². The van der Waals surface area contributed by atoms with Crippen molar-refractivity contribution in [3.05, 3.63) is 30.1 Å². The normalized spacial score (nSPS) is 23.5. The van der Waals surface area contributed by atoms with Gasteiger partial charge in [0.25, 0.3) is 0 Å². The molecule has 6 nitrogen and oxygen atoms in total. The van der Waals surface area contributed by atoms with Crippen molar-refractivity contribution in [2.24, 2.45) is 18.9 Å². The fraction of sp³-hybridized carbons (Fsp3) is 0.556. The van der Waals surface area contributed by atoms with Gasteiger partial charge in [-0.15, -0.1) is 0 Å². The standard InChI is InChI=1S/C18H25N5O/c1-22-11-14(16-3-2-6-20-17(16)22)4-7-21-18(24)23-8-5-13-9-19-10-15(13)12-23/h2-3,6,11,13,15,19H,4-5,7-10,12H2,1H3,(H,21,24)/t13-,15-/m1/s1. The molecule has 0 spiro atoms. The quantitative estimate of drug-likeness (QED) is 0.895. The topological polar surface area (TPSA) is 62.2 Å². The largest absolute Gasteiger partial charge is 0.338 e. The van der Waals surface area contributed by atoms with Crippen LogP contribution in [0.15, 0.2) is 24.5 Å². The second kappa shape index (κ2) is 6.43. The van der Waals surface area contributed by atoms with Crippen LogP contribution in [0.5, 0.6) is 0 Å². The fourth-order valence-corrected chi connectivity index (χ4v) is 4.13. The Hall–Kier alpha value is -2.08. The number of fused-ring (bicyclic) bond motifs is 2. The number of carbonyl (C=O) groups excluding carboxylic acids is 1. The molecule has 2 atom stereocenters. The third-order valence-electron chi connectivity index (χ3n) is 5.48. The number of nitrogens with zero attached hydrogens (tertiary/aromatic N) is 3. The first-order valence-corrected chi connectivity index (χ1v) is 8.85. The average molecular weight is 327 g/mol. The highest BCUT2D eigenvalue weighted by atomic mass is 16.2. The molecule has 2 N–H and O–H groups in total. The molecule has 0 unspecified atom stereocenters. The summed E-state index contributed by atoms with van der Waals surface area (Å²) in [6.07, 6.45) is 5.88. The number of amides is 2. The molecular weight excluding hydrogens is 302 g/mol. The monoisotopic (exact) mass is 327 g/mol. The fourth-order valence-electron chi connectivity index (χ4n) is 4.13. The number of piperidine rings is 1. The van der Waals surface area contributed by atoms with E-state index in [1.807, 2.05) is 28.8 Å². The van der Waals surface area contributed by atoms with E-state index in [1.165, 1.54) is 10.9 Å². The molecule has 4 heterocycles. The van der Waals surface area contributed by atoms with Crippen LogP contribution in [0.4, 0.5) is 4.79 Å². The summed E-state index contributed by atoms with van der Waals surface area (Å²) in [7, 11) is 2.01. The Labute approximate surface area is 142 Å². The molecule has 128 valence electrons. The van der Waals surface area contributed by atoms with Crippen molar-refractivity contribution in [3.8, 4) is 0 Å². The lowest BCUT2D eigenvalue weighted by Crippen LogP contribution is -2.48. The summed E-state index contributed by atoms with van der Waals surface area (Å²) < 4.78 is 2.05. The van der Waals surface area contributed by atoms with E-state index in [2.05, 4.69) is 27.9 Å². The Morgan fingerprint density at radius 3 is 3.21 bits per heavy atom. The van der Waals surface area contributed by atoms with Gasteiger partial charge in [0.2, 0.25) is 0 Å². The van der Waals surface area contributed by atoms with Gasteiger partial charge in [0.15, 0.2) is 0 Å². The Kier molecular flexibility index (Phi) is 4.14. The van der Waals surface area contributed by atoms with Crippen molar-refractivity contribution in [2.75, 3.05) is 32.7 Å². The maximum absolute atomic E-state index is 12.4. The van der Waals surface area contributed by atoms with Crippen molar-refractivity contribution >= 4 is 17.1 Å². The Balaban J connectivity index is 1.32. The molecule has 0 bridgehead atoms. The van der Waals surface area contributed by atoms with Gasteiger partial charge >= 0.3 is 6.03 Å². The first-order valence-electron chi connectivity index (χ1n) is 8.85. The van der Waals surface area contributed by atoms with Gasteiger partial charge in [-0.25, -0.2) is 9.78 Å². The van der Waals surface area contributed by atoms with Gasteiger partial charge in [0, 0.05) is 44.5 Å². The molecule has 2 amide bonds. The number of nitrogens with one attached hydrogen (secondary N) is 2. The molecule has 2 saturated heterocycles. The summed E-state index contributed by atoms with van der Waals surface area (Å²) in [5.41, 5.74) is 2.23. The highest BCUT2D eigenvalue weighted by Gasteiger charge is 2.34. The zero-order chi connectivity index (χ0) is 16.5. The van der Waals surface area contributed by atoms with Crippen LogP contribution >= 0.6 is 0 Å². The van der Waals surface area contributed by atoms with Crippen molar-refractivity contribution < 1.29 is 4.79 Å². The van der Waals surface area contributed by atoms with E-state index in [1.54, 1.807) is 0 Å². The maximum Gasteiger partial charge on any atom is 0.317 e. The summed E-state index contributed by atoms with van der Waals surface area (Å²) in [6, 6.07) is 4.14. The zero-order valence-electron chi connectivity index (χ0n) is 14.2. The Bertz CT molecular complexity index is 740. The number of hydrogen-bond acceptors (Lipinski definition) is 3. The summed E-state index contributed by atoms with van der Waals surface area (Å²) in [6.45, 7) is 4.61. The molecule has 0 aromatic carbocycles. The van der Waals surface area contributed by atoms with Gasteiger partial charge in [0.05, 0.1) is 0 Å². The maximum atomic E-state index is 12.4. The van der Waals surface area contributed by atoms with Gasteiger partial charge in [-0.1, -0.05) is 0 Å².